The molecule has 0 spiro atoms. The van der Waals surface area contributed by atoms with Crippen molar-refractivity contribution in [2.24, 2.45) is 0 Å². The van der Waals surface area contributed by atoms with Crippen LogP contribution < -0.4 is 10.1 Å². The van der Waals surface area contributed by atoms with E-state index in [9.17, 15) is 4.79 Å². The van der Waals surface area contributed by atoms with Crippen LogP contribution in [-0.2, 0) is 11.3 Å². The number of hydrogen-bond donors (Lipinski definition) is 1. The summed E-state index contributed by atoms with van der Waals surface area (Å²) in [6, 6.07) is 20.1. The van der Waals surface area contributed by atoms with Crippen molar-refractivity contribution in [3.05, 3.63) is 83.7 Å². The molecule has 1 atom stereocenters. The second kappa shape index (κ2) is 9.71. The summed E-state index contributed by atoms with van der Waals surface area (Å²) < 4.78 is 12.9. The van der Waals surface area contributed by atoms with Crippen LogP contribution in [0, 0.1) is 0 Å². The molecular weight excluding hydrogens is 390 g/mol. The number of fused-ring (bicyclic) bond motifs is 3. The van der Waals surface area contributed by atoms with E-state index in [0.717, 1.165) is 34.7 Å². The zero-order valence-electron chi connectivity index (χ0n) is 18.1. The van der Waals surface area contributed by atoms with Crippen molar-refractivity contribution in [3.8, 4) is 11.4 Å². The second-order valence-electron chi connectivity index (χ2n) is 7.54. The molecule has 0 radical (unpaired) electrons. The summed E-state index contributed by atoms with van der Waals surface area (Å²) in [5, 5.41) is 3.07. The molecule has 0 unspecified atom stereocenters. The molecule has 6 heteroatoms. The molecule has 4 rings (SSSR count). The van der Waals surface area contributed by atoms with E-state index in [2.05, 4.69) is 34.3 Å². The molecule has 2 amide bonds. The molecule has 0 bridgehead atoms. The van der Waals surface area contributed by atoms with E-state index in [4.69, 9.17) is 9.47 Å². The molecular formula is C25H29N3O3. The summed E-state index contributed by atoms with van der Waals surface area (Å²) >= 11 is 0. The van der Waals surface area contributed by atoms with Gasteiger partial charge in [-0.05, 0) is 54.8 Å². The van der Waals surface area contributed by atoms with E-state index in [1.165, 1.54) is 0 Å². The molecule has 2 heterocycles. The first-order valence-corrected chi connectivity index (χ1v) is 10.7. The van der Waals surface area contributed by atoms with Gasteiger partial charge in [-0.15, -0.1) is 0 Å². The Hall–Kier alpha value is -3.25. The third-order valence-corrected chi connectivity index (χ3v) is 5.53. The van der Waals surface area contributed by atoms with Crippen molar-refractivity contribution < 1.29 is 14.3 Å². The van der Waals surface area contributed by atoms with Crippen LogP contribution in [0.1, 0.15) is 36.2 Å². The van der Waals surface area contributed by atoms with Gasteiger partial charge in [0.15, 0.2) is 0 Å². The fourth-order valence-corrected chi connectivity index (χ4v) is 4.12. The van der Waals surface area contributed by atoms with Crippen LogP contribution in [0.3, 0.4) is 0 Å². The van der Waals surface area contributed by atoms with Crippen molar-refractivity contribution >= 4 is 6.03 Å². The molecule has 2 aromatic carbocycles. The Morgan fingerprint density at radius 1 is 1.10 bits per heavy atom. The van der Waals surface area contributed by atoms with Crippen LogP contribution in [0.2, 0.25) is 0 Å². The van der Waals surface area contributed by atoms with Crippen LogP contribution in [0.5, 0.6) is 5.75 Å². The summed E-state index contributed by atoms with van der Waals surface area (Å²) in [6.45, 7) is 4.30. The smallest absolute Gasteiger partial charge is 0.318 e. The third-order valence-electron chi connectivity index (χ3n) is 5.53. The molecule has 0 saturated heterocycles. The van der Waals surface area contributed by atoms with Crippen LogP contribution >= 0.6 is 0 Å². The van der Waals surface area contributed by atoms with E-state index in [1.807, 2.05) is 54.3 Å². The molecule has 3 aromatic rings. The highest BCUT2D eigenvalue weighted by Gasteiger charge is 2.32. The minimum Gasteiger partial charge on any atom is -0.494 e. The molecule has 1 N–H and O–H groups in total. The fourth-order valence-electron chi connectivity index (χ4n) is 4.12. The molecule has 0 fully saturated rings. The number of para-hydroxylation sites is 1. The van der Waals surface area contributed by atoms with Gasteiger partial charge in [-0.1, -0.05) is 30.3 Å². The SMILES string of the molecule is CCOc1ccc([C@@H]2c3cccn3-c3ccccc3CN2C(=O)NCCCOC)cc1. The second-order valence-corrected chi connectivity index (χ2v) is 7.54. The van der Waals surface area contributed by atoms with Gasteiger partial charge >= 0.3 is 6.03 Å². The van der Waals surface area contributed by atoms with E-state index < -0.39 is 0 Å². The van der Waals surface area contributed by atoms with Gasteiger partial charge in [0.1, 0.15) is 5.75 Å². The first-order valence-electron chi connectivity index (χ1n) is 10.7. The molecule has 0 saturated carbocycles. The number of benzene rings is 2. The summed E-state index contributed by atoms with van der Waals surface area (Å²) in [5.74, 6) is 0.828. The average Bonchev–Trinajstić information content (AvgIpc) is 3.22. The lowest BCUT2D eigenvalue weighted by atomic mass is 10.0. The lowest BCUT2D eigenvalue weighted by Crippen LogP contribution is -2.42. The highest BCUT2D eigenvalue weighted by molar-refractivity contribution is 5.76. The molecule has 6 nitrogen and oxygen atoms in total. The summed E-state index contributed by atoms with van der Waals surface area (Å²) in [5.41, 5.74) is 4.32. The van der Waals surface area contributed by atoms with E-state index in [0.29, 0.717) is 26.3 Å². The molecule has 1 aliphatic rings. The van der Waals surface area contributed by atoms with E-state index in [1.54, 1.807) is 7.11 Å². The molecule has 162 valence electrons. The Bertz CT molecular complexity index is 1010. The predicted molar refractivity (Wildman–Crippen MR) is 121 cm³/mol. The number of nitrogens with zero attached hydrogens (tertiary/aromatic N) is 2. The molecule has 1 aliphatic heterocycles. The number of hydrogen-bond acceptors (Lipinski definition) is 3. The Labute approximate surface area is 183 Å². The number of amides is 2. The number of nitrogens with one attached hydrogen (secondary N) is 1. The lowest BCUT2D eigenvalue weighted by molar-refractivity contribution is 0.174. The number of ether oxygens (including phenoxy) is 2. The largest absolute Gasteiger partial charge is 0.494 e. The van der Waals surface area contributed by atoms with Crippen molar-refractivity contribution in [1.29, 1.82) is 0 Å². The van der Waals surface area contributed by atoms with Crippen LogP contribution in [0.15, 0.2) is 66.9 Å². The third kappa shape index (κ3) is 4.44. The highest BCUT2D eigenvalue weighted by Crippen LogP contribution is 2.37. The Balaban J connectivity index is 1.73. The number of rotatable bonds is 7. The highest BCUT2D eigenvalue weighted by atomic mass is 16.5. The van der Waals surface area contributed by atoms with Crippen molar-refractivity contribution in [2.75, 3.05) is 26.9 Å². The Kier molecular flexibility index (Phi) is 6.57. The fraction of sp³-hybridized carbons (Fsp3) is 0.320. The van der Waals surface area contributed by atoms with Crippen molar-refractivity contribution in [1.82, 2.24) is 14.8 Å². The van der Waals surface area contributed by atoms with Gasteiger partial charge < -0.3 is 24.3 Å². The minimum absolute atomic E-state index is 0.0839. The number of urea groups is 1. The zero-order valence-corrected chi connectivity index (χ0v) is 18.1. The lowest BCUT2D eigenvalue weighted by Gasteiger charge is -2.31. The normalized spacial score (nSPS) is 15.0. The first kappa shape index (κ1) is 21.0. The van der Waals surface area contributed by atoms with Crippen molar-refractivity contribution in [2.45, 2.75) is 25.9 Å². The Morgan fingerprint density at radius 3 is 2.68 bits per heavy atom. The van der Waals surface area contributed by atoms with Gasteiger partial charge in [-0.3, -0.25) is 0 Å². The zero-order chi connectivity index (χ0) is 21.6. The van der Waals surface area contributed by atoms with Gasteiger partial charge in [0.25, 0.3) is 0 Å². The van der Waals surface area contributed by atoms with Gasteiger partial charge in [-0.25, -0.2) is 4.79 Å². The van der Waals surface area contributed by atoms with Crippen LogP contribution in [0.25, 0.3) is 5.69 Å². The number of carbonyl (C=O) groups excluding carboxylic acids is 1. The van der Waals surface area contributed by atoms with Crippen LogP contribution in [-0.4, -0.2) is 42.4 Å². The van der Waals surface area contributed by atoms with Gasteiger partial charge in [0.2, 0.25) is 0 Å². The molecule has 1 aromatic heterocycles. The summed E-state index contributed by atoms with van der Waals surface area (Å²) in [6.07, 6.45) is 2.84. The predicted octanol–water partition coefficient (Wildman–Crippen LogP) is 4.53. The maximum Gasteiger partial charge on any atom is 0.318 e. The van der Waals surface area contributed by atoms with E-state index >= 15 is 0 Å². The maximum atomic E-state index is 13.3. The van der Waals surface area contributed by atoms with Crippen molar-refractivity contribution in [3.63, 3.8) is 0 Å². The molecule has 31 heavy (non-hydrogen) atoms. The number of aromatic nitrogens is 1. The first-order chi connectivity index (χ1) is 15.2. The van der Waals surface area contributed by atoms with E-state index in [-0.39, 0.29) is 12.1 Å². The quantitative estimate of drug-likeness (QED) is 0.573. The topological polar surface area (TPSA) is 55.7 Å². The monoisotopic (exact) mass is 419 g/mol. The Morgan fingerprint density at radius 2 is 1.90 bits per heavy atom. The number of methoxy groups -OCH3 is 1. The average molecular weight is 420 g/mol. The molecule has 0 aliphatic carbocycles. The standard InChI is InChI=1S/C25H29N3O3/c1-3-31-21-13-11-19(12-14-21)24-23-10-6-16-27(23)22-9-5-4-8-20(22)18-28(24)25(29)26-15-7-17-30-2/h4-6,8-14,16,24H,3,7,15,17-18H2,1-2H3,(H,26,29)/t24-/m1/s1. The minimum atomic E-state index is -0.222. The maximum absolute atomic E-state index is 13.3. The van der Waals surface area contributed by atoms with Gasteiger partial charge in [-0.2, -0.15) is 0 Å². The van der Waals surface area contributed by atoms with Gasteiger partial charge in [0, 0.05) is 32.2 Å². The number of carbonyl (C=O) groups is 1. The van der Waals surface area contributed by atoms with Gasteiger partial charge in [0.05, 0.1) is 24.9 Å². The summed E-state index contributed by atoms with van der Waals surface area (Å²) in [7, 11) is 1.67. The van der Waals surface area contributed by atoms with Crippen LogP contribution in [0.4, 0.5) is 4.79 Å². The summed E-state index contributed by atoms with van der Waals surface area (Å²) in [4.78, 5) is 15.3.